The number of aryl methyl sites for hydroxylation is 2. The van der Waals surface area contributed by atoms with Crippen LogP contribution in [0.4, 0.5) is 0 Å². The molecule has 2 unspecified atom stereocenters. The highest BCUT2D eigenvalue weighted by atomic mass is 16.5. The van der Waals surface area contributed by atoms with E-state index in [0.29, 0.717) is 0 Å². The van der Waals surface area contributed by atoms with Crippen molar-refractivity contribution in [1.82, 2.24) is 0 Å². The van der Waals surface area contributed by atoms with E-state index in [0.717, 1.165) is 25.0 Å². The lowest BCUT2D eigenvalue weighted by atomic mass is 9.92. The number of fused-ring (bicyclic) bond motifs is 1. The van der Waals surface area contributed by atoms with Gasteiger partial charge in [0.05, 0.1) is 6.10 Å². The molecule has 0 aliphatic heterocycles. The Labute approximate surface area is 115 Å². The van der Waals surface area contributed by atoms with E-state index in [2.05, 4.69) is 18.2 Å². The summed E-state index contributed by atoms with van der Waals surface area (Å²) in [4.78, 5) is 0. The highest BCUT2D eigenvalue weighted by Crippen LogP contribution is 2.28. The average Bonchev–Trinajstić information content (AvgIpc) is 2.64. The summed E-state index contributed by atoms with van der Waals surface area (Å²) >= 11 is 0. The number of hydrogen-bond donors (Lipinski definition) is 1. The normalized spacial score (nSPS) is 27.4. The van der Waals surface area contributed by atoms with Crippen LogP contribution in [0.5, 0.6) is 5.75 Å². The summed E-state index contributed by atoms with van der Waals surface area (Å²) in [6.45, 7) is 0. The molecule has 0 aromatic heterocycles. The number of benzene rings is 1. The van der Waals surface area contributed by atoms with Gasteiger partial charge < -0.3 is 9.84 Å². The van der Waals surface area contributed by atoms with Gasteiger partial charge in [0, 0.05) is 0 Å². The summed E-state index contributed by atoms with van der Waals surface area (Å²) in [5.41, 5.74) is 2.94. The summed E-state index contributed by atoms with van der Waals surface area (Å²) in [5.74, 6) is 0.951. The largest absolute Gasteiger partial charge is 0.488 e. The minimum absolute atomic E-state index is 0.0101. The van der Waals surface area contributed by atoms with Crippen molar-refractivity contribution in [2.75, 3.05) is 0 Å². The lowest BCUT2D eigenvalue weighted by Gasteiger charge is -2.23. The van der Waals surface area contributed by atoms with Gasteiger partial charge in [-0.15, -0.1) is 0 Å². The highest BCUT2D eigenvalue weighted by Gasteiger charge is 2.23. The predicted molar refractivity (Wildman–Crippen MR) is 76.6 cm³/mol. The van der Waals surface area contributed by atoms with Crippen LogP contribution in [0.15, 0.2) is 18.2 Å². The molecule has 1 N–H and O–H groups in total. The quantitative estimate of drug-likeness (QED) is 0.823. The lowest BCUT2D eigenvalue weighted by molar-refractivity contribution is 0.0319. The van der Waals surface area contributed by atoms with E-state index in [1.165, 1.54) is 49.7 Å². The number of hydrogen-bond acceptors (Lipinski definition) is 2. The zero-order valence-corrected chi connectivity index (χ0v) is 11.6. The summed E-state index contributed by atoms with van der Waals surface area (Å²) in [6, 6.07) is 6.50. The molecule has 1 aromatic carbocycles. The first kappa shape index (κ1) is 13.0. The van der Waals surface area contributed by atoms with Crippen LogP contribution in [0.2, 0.25) is 0 Å². The van der Waals surface area contributed by atoms with Crippen molar-refractivity contribution in [3.8, 4) is 5.75 Å². The molecule has 0 bridgehead atoms. The zero-order valence-electron chi connectivity index (χ0n) is 11.6. The summed E-state index contributed by atoms with van der Waals surface area (Å²) < 4.78 is 6.06. The van der Waals surface area contributed by atoms with Gasteiger partial charge in [-0.1, -0.05) is 18.9 Å². The Bertz CT molecular complexity index is 427. The van der Waals surface area contributed by atoms with Crippen LogP contribution in [-0.4, -0.2) is 17.3 Å². The summed E-state index contributed by atoms with van der Waals surface area (Å²) in [7, 11) is 0. The molecule has 1 fully saturated rings. The molecule has 2 heteroatoms. The average molecular weight is 260 g/mol. The van der Waals surface area contributed by atoms with Crippen molar-refractivity contribution in [3.05, 3.63) is 29.3 Å². The Balaban J connectivity index is 1.71. The van der Waals surface area contributed by atoms with E-state index in [-0.39, 0.29) is 12.2 Å². The second kappa shape index (κ2) is 5.96. The summed E-state index contributed by atoms with van der Waals surface area (Å²) in [5, 5.41) is 10.1. The van der Waals surface area contributed by atoms with Crippen molar-refractivity contribution < 1.29 is 9.84 Å². The van der Waals surface area contributed by atoms with Crippen LogP contribution in [0.1, 0.15) is 56.1 Å². The monoisotopic (exact) mass is 260 g/mol. The predicted octanol–water partition coefficient (Wildman–Crippen LogP) is 3.64. The van der Waals surface area contributed by atoms with Crippen LogP contribution in [0.25, 0.3) is 0 Å². The molecule has 0 amide bonds. The third-order valence-corrected chi connectivity index (χ3v) is 4.53. The third kappa shape index (κ3) is 3.11. The van der Waals surface area contributed by atoms with Crippen molar-refractivity contribution in [1.29, 1.82) is 0 Å². The minimum atomic E-state index is -0.293. The Morgan fingerprint density at radius 3 is 2.58 bits per heavy atom. The fraction of sp³-hybridized carbons (Fsp3) is 0.647. The van der Waals surface area contributed by atoms with Crippen LogP contribution in [-0.2, 0) is 12.8 Å². The van der Waals surface area contributed by atoms with Gasteiger partial charge in [-0.3, -0.25) is 0 Å². The lowest BCUT2D eigenvalue weighted by Crippen LogP contribution is -2.30. The molecule has 104 valence electrons. The minimum Gasteiger partial charge on any atom is -0.488 e. The maximum absolute atomic E-state index is 10.1. The second-order valence-corrected chi connectivity index (χ2v) is 6.00. The Kier molecular flexibility index (Phi) is 4.07. The van der Waals surface area contributed by atoms with Gasteiger partial charge in [0.2, 0.25) is 0 Å². The highest BCUT2D eigenvalue weighted by molar-refractivity contribution is 5.37. The first-order valence-electron chi connectivity index (χ1n) is 7.79. The zero-order chi connectivity index (χ0) is 13.1. The van der Waals surface area contributed by atoms with Crippen molar-refractivity contribution in [2.24, 2.45) is 0 Å². The van der Waals surface area contributed by atoms with Crippen molar-refractivity contribution in [2.45, 2.75) is 70.0 Å². The number of rotatable bonds is 2. The molecule has 2 nitrogen and oxygen atoms in total. The summed E-state index contributed by atoms with van der Waals surface area (Å²) in [6.07, 6.45) is 10.1. The van der Waals surface area contributed by atoms with Gasteiger partial charge in [0.25, 0.3) is 0 Å². The molecule has 19 heavy (non-hydrogen) atoms. The van der Waals surface area contributed by atoms with Gasteiger partial charge in [-0.05, 0) is 68.2 Å². The number of aliphatic hydroxyl groups is 1. The van der Waals surface area contributed by atoms with Gasteiger partial charge in [0.1, 0.15) is 11.9 Å². The molecule has 0 saturated heterocycles. The van der Waals surface area contributed by atoms with E-state index < -0.39 is 0 Å². The van der Waals surface area contributed by atoms with Crippen LogP contribution in [0, 0.1) is 0 Å². The van der Waals surface area contributed by atoms with Gasteiger partial charge in [0.15, 0.2) is 0 Å². The fourth-order valence-corrected chi connectivity index (χ4v) is 3.35. The fourth-order valence-electron chi connectivity index (χ4n) is 3.35. The maximum Gasteiger partial charge on any atom is 0.124 e. The van der Waals surface area contributed by atoms with Gasteiger partial charge in [-0.2, -0.15) is 0 Å². The topological polar surface area (TPSA) is 29.5 Å². The Morgan fingerprint density at radius 1 is 0.895 bits per heavy atom. The molecular weight excluding hydrogens is 236 g/mol. The second-order valence-electron chi connectivity index (χ2n) is 6.00. The number of aliphatic hydroxyl groups excluding tert-OH is 1. The first-order valence-corrected chi connectivity index (χ1v) is 7.79. The number of ether oxygens (including phenoxy) is 1. The van der Waals surface area contributed by atoms with Crippen molar-refractivity contribution >= 4 is 0 Å². The van der Waals surface area contributed by atoms with Crippen molar-refractivity contribution in [3.63, 3.8) is 0 Å². The van der Waals surface area contributed by atoms with Crippen LogP contribution < -0.4 is 4.74 Å². The molecule has 2 aliphatic carbocycles. The molecule has 0 spiro atoms. The molecule has 3 rings (SSSR count). The third-order valence-electron chi connectivity index (χ3n) is 4.53. The standard InChI is InChI=1S/C17H24O2/c18-16-8-2-1-3-9-17(16)19-15-11-10-13-6-4-5-7-14(13)12-15/h10-12,16-18H,1-9H2. The molecule has 0 heterocycles. The molecule has 2 aliphatic rings. The van der Waals surface area contributed by atoms with Gasteiger partial charge >= 0.3 is 0 Å². The molecule has 2 atom stereocenters. The Hall–Kier alpha value is -1.02. The van der Waals surface area contributed by atoms with Gasteiger partial charge in [-0.25, -0.2) is 0 Å². The maximum atomic E-state index is 10.1. The van der Waals surface area contributed by atoms with Crippen LogP contribution >= 0.6 is 0 Å². The van der Waals surface area contributed by atoms with E-state index in [1.54, 1.807) is 0 Å². The molecular formula is C17H24O2. The smallest absolute Gasteiger partial charge is 0.124 e. The van der Waals surface area contributed by atoms with Crippen LogP contribution in [0.3, 0.4) is 0 Å². The van der Waals surface area contributed by atoms with E-state index in [9.17, 15) is 5.11 Å². The Morgan fingerprint density at radius 2 is 1.68 bits per heavy atom. The molecule has 1 saturated carbocycles. The molecule has 0 radical (unpaired) electrons. The van der Waals surface area contributed by atoms with E-state index >= 15 is 0 Å². The SMILES string of the molecule is OC1CCCCCC1Oc1ccc2c(c1)CCCC2. The first-order chi connectivity index (χ1) is 9.33. The van der Waals surface area contributed by atoms with E-state index in [1.807, 2.05) is 0 Å². The van der Waals surface area contributed by atoms with E-state index in [4.69, 9.17) is 4.74 Å². The molecule has 1 aromatic rings.